The molecule has 0 unspecified atom stereocenters. The maximum Gasteiger partial charge on any atom is 0.246 e. The molecule has 1 N–H and O–H groups in total. The second-order valence-electron chi connectivity index (χ2n) is 7.20. The minimum Gasteiger partial charge on any atom is -0.508 e. The number of methoxy groups -OCH3 is 1. The van der Waals surface area contributed by atoms with Crippen LogP contribution in [0.4, 0.5) is 0 Å². The molecule has 0 radical (unpaired) electrons. The van der Waals surface area contributed by atoms with Gasteiger partial charge in [0.2, 0.25) is 5.91 Å². The molecule has 4 rings (SSSR count). The SMILES string of the molecule is COCCN1Cc2nnc(Cc3ccc(O)cc3)n2[C@H](Cc2ccccc2)C1=O. The van der Waals surface area contributed by atoms with Crippen LogP contribution in [0, 0.1) is 0 Å². The molecular formula is C22H24N4O3. The molecule has 1 atom stereocenters. The number of amides is 1. The van der Waals surface area contributed by atoms with E-state index in [0.29, 0.717) is 32.5 Å². The predicted molar refractivity (Wildman–Crippen MR) is 107 cm³/mol. The standard InChI is InChI=1S/C22H24N4O3/c1-29-12-11-25-15-21-24-23-20(14-17-7-9-18(27)10-8-17)26(21)19(22(25)28)13-16-5-3-2-4-6-16/h2-10,19,27H,11-15H2,1H3/t19-/m1/s1. The molecule has 2 heterocycles. The lowest BCUT2D eigenvalue weighted by atomic mass is 10.0. The van der Waals surface area contributed by atoms with Gasteiger partial charge in [-0.1, -0.05) is 42.5 Å². The first-order chi connectivity index (χ1) is 14.2. The number of phenols is 1. The molecule has 0 saturated carbocycles. The maximum absolute atomic E-state index is 13.3. The highest BCUT2D eigenvalue weighted by molar-refractivity contribution is 5.82. The van der Waals surface area contributed by atoms with Crippen LogP contribution in [0.15, 0.2) is 54.6 Å². The van der Waals surface area contributed by atoms with Crippen molar-refractivity contribution in [3.05, 3.63) is 77.4 Å². The molecular weight excluding hydrogens is 368 g/mol. The van der Waals surface area contributed by atoms with E-state index in [-0.39, 0.29) is 17.7 Å². The normalized spacial score (nSPS) is 16.1. The van der Waals surface area contributed by atoms with Gasteiger partial charge in [-0.3, -0.25) is 4.79 Å². The number of hydrogen-bond acceptors (Lipinski definition) is 5. The van der Waals surface area contributed by atoms with Crippen molar-refractivity contribution in [1.82, 2.24) is 19.7 Å². The Balaban J connectivity index is 1.67. The summed E-state index contributed by atoms with van der Waals surface area (Å²) in [4.78, 5) is 15.1. The van der Waals surface area contributed by atoms with Crippen molar-refractivity contribution >= 4 is 5.91 Å². The number of fused-ring (bicyclic) bond motifs is 1. The molecule has 1 amide bonds. The van der Waals surface area contributed by atoms with Crippen molar-refractivity contribution < 1.29 is 14.6 Å². The fourth-order valence-electron chi connectivity index (χ4n) is 3.72. The van der Waals surface area contributed by atoms with Crippen molar-refractivity contribution in [1.29, 1.82) is 0 Å². The van der Waals surface area contributed by atoms with Gasteiger partial charge in [0.1, 0.15) is 17.6 Å². The predicted octanol–water partition coefficient (Wildman–Crippen LogP) is 2.35. The van der Waals surface area contributed by atoms with Crippen LogP contribution < -0.4 is 0 Å². The molecule has 7 nitrogen and oxygen atoms in total. The van der Waals surface area contributed by atoms with E-state index in [2.05, 4.69) is 10.2 Å². The van der Waals surface area contributed by atoms with Gasteiger partial charge < -0.3 is 19.3 Å². The number of hydrogen-bond donors (Lipinski definition) is 1. The average molecular weight is 392 g/mol. The Hall–Kier alpha value is -3.19. The van der Waals surface area contributed by atoms with Gasteiger partial charge in [-0.15, -0.1) is 10.2 Å². The second-order valence-corrected chi connectivity index (χ2v) is 7.20. The number of carbonyl (C=O) groups excluding carboxylic acids is 1. The lowest BCUT2D eigenvalue weighted by molar-refractivity contribution is -0.138. The van der Waals surface area contributed by atoms with Crippen molar-refractivity contribution in [3.8, 4) is 5.75 Å². The molecule has 3 aromatic rings. The van der Waals surface area contributed by atoms with Gasteiger partial charge in [0.15, 0.2) is 5.82 Å². The Labute approximate surface area is 169 Å². The summed E-state index contributed by atoms with van der Waals surface area (Å²) < 4.78 is 7.16. The molecule has 150 valence electrons. The average Bonchev–Trinajstić information content (AvgIpc) is 3.13. The summed E-state index contributed by atoms with van der Waals surface area (Å²) in [5, 5.41) is 18.3. The maximum atomic E-state index is 13.3. The minimum absolute atomic E-state index is 0.0603. The largest absolute Gasteiger partial charge is 0.508 e. The summed E-state index contributed by atoms with van der Waals surface area (Å²) in [5.41, 5.74) is 2.10. The Morgan fingerprint density at radius 3 is 2.55 bits per heavy atom. The number of aromatic nitrogens is 3. The molecule has 0 saturated heterocycles. The molecule has 0 aliphatic carbocycles. The fraction of sp³-hybridized carbons (Fsp3) is 0.318. The van der Waals surface area contributed by atoms with Crippen LogP contribution in [-0.2, 0) is 28.9 Å². The van der Waals surface area contributed by atoms with Crippen LogP contribution in [0.5, 0.6) is 5.75 Å². The van der Waals surface area contributed by atoms with E-state index in [9.17, 15) is 9.90 Å². The summed E-state index contributed by atoms with van der Waals surface area (Å²) in [7, 11) is 1.63. The first-order valence-corrected chi connectivity index (χ1v) is 9.68. The third-order valence-corrected chi connectivity index (χ3v) is 5.21. The number of carbonyl (C=O) groups is 1. The first-order valence-electron chi connectivity index (χ1n) is 9.68. The number of phenolic OH excluding ortho intramolecular Hbond substituents is 1. The Morgan fingerprint density at radius 1 is 1.07 bits per heavy atom. The number of aromatic hydroxyl groups is 1. The van der Waals surface area contributed by atoms with Crippen LogP contribution in [-0.4, -0.2) is 50.9 Å². The number of benzene rings is 2. The monoisotopic (exact) mass is 392 g/mol. The van der Waals surface area contributed by atoms with Gasteiger partial charge in [-0.05, 0) is 23.3 Å². The molecule has 0 fully saturated rings. The van der Waals surface area contributed by atoms with Gasteiger partial charge in [0.05, 0.1) is 13.2 Å². The second kappa shape index (κ2) is 8.45. The topological polar surface area (TPSA) is 80.5 Å². The summed E-state index contributed by atoms with van der Waals surface area (Å²) >= 11 is 0. The molecule has 1 aliphatic heterocycles. The lowest BCUT2D eigenvalue weighted by Gasteiger charge is -2.34. The van der Waals surface area contributed by atoms with Gasteiger partial charge in [0.25, 0.3) is 0 Å². The van der Waals surface area contributed by atoms with Gasteiger partial charge >= 0.3 is 0 Å². The zero-order valence-corrected chi connectivity index (χ0v) is 16.4. The fourth-order valence-corrected chi connectivity index (χ4v) is 3.72. The molecule has 0 bridgehead atoms. The highest BCUT2D eigenvalue weighted by atomic mass is 16.5. The van der Waals surface area contributed by atoms with Crippen molar-refractivity contribution in [2.24, 2.45) is 0 Å². The smallest absolute Gasteiger partial charge is 0.246 e. The summed E-state index contributed by atoms with van der Waals surface area (Å²) in [6, 6.07) is 16.6. The number of rotatable bonds is 7. The molecule has 1 aliphatic rings. The van der Waals surface area contributed by atoms with Crippen LogP contribution in [0.1, 0.15) is 28.8 Å². The van der Waals surface area contributed by atoms with E-state index in [1.54, 1.807) is 24.1 Å². The highest BCUT2D eigenvalue weighted by Gasteiger charge is 2.35. The Morgan fingerprint density at radius 2 is 1.83 bits per heavy atom. The minimum atomic E-state index is -0.389. The van der Waals surface area contributed by atoms with Crippen LogP contribution in [0.2, 0.25) is 0 Å². The van der Waals surface area contributed by atoms with Gasteiger partial charge in [-0.25, -0.2) is 0 Å². The van der Waals surface area contributed by atoms with Gasteiger partial charge in [-0.2, -0.15) is 0 Å². The Kier molecular flexibility index (Phi) is 5.57. The van der Waals surface area contributed by atoms with Gasteiger partial charge in [0, 0.05) is 26.5 Å². The number of ether oxygens (including phenoxy) is 1. The first kappa shape index (κ1) is 19.1. The quantitative estimate of drug-likeness (QED) is 0.668. The van der Waals surface area contributed by atoms with E-state index in [0.717, 1.165) is 22.8 Å². The van der Waals surface area contributed by atoms with E-state index in [4.69, 9.17) is 4.74 Å². The van der Waals surface area contributed by atoms with Crippen LogP contribution >= 0.6 is 0 Å². The van der Waals surface area contributed by atoms with Crippen molar-refractivity contribution in [3.63, 3.8) is 0 Å². The molecule has 1 aromatic heterocycles. The molecule has 2 aromatic carbocycles. The summed E-state index contributed by atoms with van der Waals surface area (Å²) in [5.74, 6) is 1.83. The van der Waals surface area contributed by atoms with E-state index < -0.39 is 0 Å². The zero-order chi connectivity index (χ0) is 20.2. The lowest BCUT2D eigenvalue weighted by Crippen LogP contribution is -2.45. The summed E-state index contributed by atoms with van der Waals surface area (Å²) in [6.07, 6.45) is 1.13. The molecule has 29 heavy (non-hydrogen) atoms. The van der Waals surface area contributed by atoms with Crippen molar-refractivity contribution in [2.75, 3.05) is 20.3 Å². The van der Waals surface area contributed by atoms with Crippen LogP contribution in [0.3, 0.4) is 0 Å². The van der Waals surface area contributed by atoms with Crippen molar-refractivity contribution in [2.45, 2.75) is 25.4 Å². The Bertz CT molecular complexity index is 969. The summed E-state index contributed by atoms with van der Waals surface area (Å²) in [6.45, 7) is 1.44. The third-order valence-electron chi connectivity index (χ3n) is 5.21. The highest BCUT2D eigenvalue weighted by Crippen LogP contribution is 2.27. The van der Waals surface area contributed by atoms with E-state index >= 15 is 0 Å². The zero-order valence-electron chi connectivity index (χ0n) is 16.4. The molecule has 7 heteroatoms. The van der Waals surface area contributed by atoms with Crippen LogP contribution in [0.25, 0.3) is 0 Å². The van der Waals surface area contributed by atoms with E-state index in [1.165, 1.54) is 0 Å². The third kappa shape index (κ3) is 4.14. The molecule has 0 spiro atoms. The number of nitrogens with zero attached hydrogens (tertiary/aromatic N) is 4. The van der Waals surface area contributed by atoms with E-state index in [1.807, 2.05) is 47.0 Å².